The van der Waals surface area contributed by atoms with Crippen molar-refractivity contribution in [3.63, 3.8) is 0 Å². The van der Waals surface area contributed by atoms with E-state index in [2.05, 4.69) is 5.32 Å². The number of fused-ring (bicyclic) bond motifs is 1. The molecule has 0 radical (unpaired) electrons. The van der Waals surface area contributed by atoms with Crippen LogP contribution in [0, 0.1) is 5.92 Å². The molecule has 6 heteroatoms. The summed E-state index contributed by atoms with van der Waals surface area (Å²) in [4.78, 5) is 24.5. The number of carboxylic acid groups (broad SMARTS) is 1. The second-order valence-electron chi connectivity index (χ2n) is 5.19. The molecule has 1 unspecified atom stereocenters. The largest absolute Gasteiger partial charge is 0.481 e. The number of hydrogen-bond donors (Lipinski definition) is 2. The summed E-state index contributed by atoms with van der Waals surface area (Å²) in [7, 11) is 0. The fourth-order valence-electron chi connectivity index (χ4n) is 2.58. The fraction of sp³-hybridized carbons (Fsp3) is 0.429. The van der Waals surface area contributed by atoms with E-state index < -0.39 is 12.1 Å². The fourth-order valence-corrected chi connectivity index (χ4v) is 2.58. The van der Waals surface area contributed by atoms with Gasteiger partial charge in [0, 0.05) is 19.0 Å². The van der Waals surface area contributed by atoms with Gasteiger partial charge < -0.3 is 20.1 Å². The summed E-state index contributed by atoms with van der Waals surface area (Å²) in [6.45, 7) is 1.45. The highest BCUT2D eigenvalue weighted by Gasteiger charge is 2.37. The van der Waals surface area contributed by atoms with Crippen molar-refractivity contribution in [1.29, 1.82) is 0 Å². The summed E-state index contributed by atoms with van der Waals surface area (Å²) in [5, 5.41) is 11.9. The van der Waals surface area contributed by atoms with Crippen molar-refractivity contribution >= 4 is 17.6 Å². The Morgan fingerprint density at radius 3 is 2.85 bits per heavy atom. The Hall–Kier alpha value is -2.24. The summed E-state index contributed by atoms with van der Waals surface area (Å²) in [5.41, 5.74) is 0.893. The van der Waals surface area contributed by atoms with Crippen LogP contribution in [0.3, 0.4) is 0 Å². The molecule has 1 saturated heterocycles. The molecule has 2 N–H and O–H groups in total. The maximum absolute atomic E-state index is 12.2. The van der Waals surface area contributed by atoms with E-state index in [-0.39, 0.29) is 18.2 Å². The lowest BCUT2D eigenvalue weighted by Gasteiger charge is -2.41. The number of nitrogens with one attached hydrogen (secondary N) is 1. The van der Waals surface area contributed by atoms with E-state index in [9.17, 15) is 9.59 Å². The molecule has 1 aromatic carbocycles. The van der Waals surface area contributed by atoms with Crippen LogP contribution in [0.15, 0.2) is 24.3 Å². The Morgan fingerprint density at radius 2 is 2.10 bits per heavy atom. The normalized spacial score (nSPS) is 21.2. The highest BCUT2D eigenvalue weighted by Crippen LogP contribution is 2.29. The number of carbonyl (C=O) groups is 2. The van der Waals surface area contributed by atoms with Crippen molar-refractivity contribution in [3.05, 3.63) is 24.3 Å². The molecule has 0 aliphatic carbocycles. The Bertz CT molecular complexity index is 540. The van der Waals surface area contributed by atoms with Gasteiger partial charge in [0.25, 0.3) is 5.91 Å². The van der Waals surface area contributed by atoms with Crippen LogP contribution in [-0.4, -0.2) is 47.6 Å². The molecule has 2 aliphatic rings. The zero-order valence-corrected chi connectivity index (χ0v) is 10.9. The lowest BCUT2D eigenvalue weighted by Crippen LogP contribution is -2.56. The van der Waals surface area contributed by atoms with Gasteiger partial charge >= 0.3 is 5.97 Å². The number of hydrogen-bond acceptors (Lipinski definition) is 4. The van der Waals surface area contributed by atoms with E-state index in [0.717, 1.165) is 5.69 Å². The number of rotatable bonds is 3. The summed E-state index contributed by atoms with van der Waals surface area (Å²) < 4.78 is 5.70. The second kappa shape index (κ2) is 5.03. The smallest absolute Gasteiger partial charge is 0.303 e. The molecule has 0 bridgehead atoms. The molecule has 0 saturated carbocycles. The van der Waals surface area contributed by atoms with Crippen LogP contribution in [0.4, 0.5) is 5.69 Å². The molecule has 0 spiro atoms. The topological polar surface area (TPSA) is 78.9 Å². The number of aliphatic carboxylic acids is 1. The molecule has 2 heterocycles. The van der Waals surface area contributed by atoms with Crippen molar-refractivity contribution in [3.8, 4) is 5.75 Å². The second-order valence-corrected chi connectivity index (χ2v) is 5.19. The highest BCUT2D eigenvalue weighted by molar-refractivity contribution is 5.84. The lowest BCUT2D eigenvalue weighted by atomic mass is 9.95. The molecule has 106 valence electrons. The average molecular weight is 276 g/mol. The first-order chi connectivity index (χ1) is 9.63. The van der Waals surface area contributed by atoms with Crippen LogP contribution < -0.4 is 10.1 Å². The van der Waals surface area contributed by atoms with Crippen molar-refractivity contribution < 1.29 is 19.4 Å². The van der Waals surface area contributed by atoms with E-state index in [4.69, 9.17) is 9.84 Å². The number of likely N-dealkylation sites (tertiary alicyclic amines) is 1. The lowest BCUT2D eigenvalue weighted by molar-refractivity contribution is -0.149. The summed E-state index contributed by atoms with van der Waals surface area (Å²) in [6.07, 6.45) is -0.410. The third kappa shape index (κ3) is 2.41. The van der Waals surface area contributed by atoms with Crippen molar-refractivity contribution in [2.75, 3.05) is 25.0 Å². The van der Waals surface area contributed by atoms with Gasteiger partial charge in [-0.05, 0) is 12.1 Å². The molecule has 20 heavy (non-hydrogen) atoms. The maximum atomic E-state index is 12.2. The van der Waals surface area contributed by atoms with Gasteiger partial charge in [0.1, 0.15) is 5.75 Å². The Kier molecular flexibility index (Phi) is 3.22. The molecule has 6 nitrogen and oxygen atoms in total. The maximum Gasteiger partial charge on any atom is 0.303 e. The Labute approximate surface area is 116 Å². The van der Waals surface area contributed by atoms with Crippen LogP contribution in [-0.2, 0) is 9.59 Å². The zero-order valence-electron chi connectivity index (χ0n) is 10.9. The van der Waals surface area contributed by atoms with Crippen LogP contribution >= 0.6 is 0 Å². The molecule has 3 rings (SSSR count). The Morgan fingerprint density at radius 1 is 1.35 bits per heavy atom. The SMILES string of the molecule is O=C(O)CC1CN(C(=O)C2CNc3ccccc3O2)C1. The zero-order chi connectivity index (χ0) is 14.1. The van der Waals surface area contributed by atoms with Gasteiger partial charge in [-0.1, -0.05) is 12.1 Å². The van der Waals surface area contributed by atoms with Crippen molar-refractivity contribution in [2.24, 2.45) is 5.92 Å². The van der Waals surface area contributed by atoms with E-state index in [1.165, 1.54) is 0 Å². The van der Waals surface area contributed by atoms with Gasteiger partial charge in [-0.15, -0.1) is 0 Å². The number of para-hydroxylation sites is 2. The monoisotopic (exact) mass is 276 g/mol. The number of ether oxygens (including phenoxy) is 1. The van der Waals surface area contributed by atoms with Gasteiger partial charge in [0.05, 0.1) is 18.7 Å². The first-order valence-corrected chi connectivity index (χ1v) is 6.63. The van der Waals surface area contributed by atoms with E-state index >= 15 is 0 Å². The number of nitrogens with zero attached hydrogens (tertiary/aromatic N) is 1. The molecule has 2 aliphatic heterocycles. The molecule has 1 atom stereocenters. The highest BCUT2D eigenvalue weighted by atomic mass is 16.5. The first kappa shape index (κ1) is 12.8. The van der Waals surface area contributed by atoms with Crippen LogP contribution in [0.25, 0.3) is 0 Å². The van der Waals surface area contributed by atoms with Gasteiger partial charge in [-0.2, -0.15) is 0 Å². The molecule has 1 fully saturated rings. The molecular weight excluding hydrogens is 260 g/mol. The standard InChI is InChI=1S/C14H16N2O4/c17-13(18)5-9-7-16(8-9)14(19)12-6-15-10-3-1-2-4-11(10)20-12/h1-4,9,12,15H,5-8H2,(H,17,18). The molecule has 1 aromatic rings. The van der Waals surface area contributed by atoms with E-state index in [0.29, 0.717) is 25.4 Å². The number of benzene rings is 1. The molecule has 0 aromatic heterocycles. The average Bonchev–Trinajstić information content (AvgIpc) is 2.41. The van der Waals surface area contributed by atoms with E-state index in [1.807, 2.05) is 24.3 Å². The van der Waals surface area contributed by atoms with Gasteiger partial charge in [0.2, 0.25) is 0 Å². The van der Waals surface area contributed by atoms with Gasteiger partial charge in [-0.3, -0.25) is 9.59 Å². The van der Waals surface area contributed by atoms with Crippen LogP contribution in [0.5, 0.6) is 5.75 Å². The minimum Gasteiger partial charge on any atom is -0.481 e. The van der Waals surface area contributed by atoms with Crippen molar-refractivity contribution in [1.82, 2.24) is 4.90 Å². The minimum absolute atomic E-state index is 0.0697. The quantitative estimate of drug-likeness (QED) is 0.853. The predicted molar refractivity (Wildman–Crippen MR) is 71.7 cm³/mol. The van der Waals surface area contributed by atoms with E-state index in [1.54, 1.807) is 4.90 Å². The van der Waals surface area contributed by atoms with Crippen LogP contribution in [0.2, 0.25) is 0 Å². The minimum atomic E-state index is -0.813. The number of amides is 1. The molecular formula is C14H16N2O4. The first-order valence-electron chi connectivity index (χ1n) is 6.63. The number of anilines is 1. The molecule has 1 amide bonds. The predicted octanol–water partition coefficient (Wildman–Crippen LogP) is 0.793. The van der Waals surface area contributed by atoms with Gasteiger partial charge in [0.15, 0.2) is 6.10 Å². The third-order valence-corrected chi connectivity index (χ3v) is 3.64. The number of carboxylic acids is 1. The summed E-state index contributed by atoms with van der Waals surface area (Å²) in [6, 6.07) is 7.50. The summed E-state index contributed by atoms with van der Waals surface area (Å²) in [5.74, 6) is -0.139. The Balaban J connectivity index is 1.57. The summed E-state index contributed by atoms with van der Waals surface area (Å²) >= 11 is 0. The van der Waals surface area contributed by atoms with Crippen molar-refractivity contribution in [2.45, 2.75) is 12.5 Å². The van der Waals surface area contributed by atoms with Crippen LogP contribution in [0.1, 0.15) is 6.42 Å². The number of carbonyl (C=O) groups excluding carboxylic acids is 1. The third-order valence-electron chi connectivity index (χ3n) is 3.64. The van der Waals surface area contributed by atoms with Gasteiger partial charge in [-0.25, -0.2) is 0 Å².